The van der Waals surface area contributed by atoms with E-state index in [9.17, 15) is 10.1 Å². The predicted octanol–water partition coefficient (Wildman–Crippen LogP) is 3.35. The summed E-state index contributed by atoms with van der Waals surface area (Å²) in [6.45, 7) is 0.953. The topological polar surface area (TPSA) is 64.4 Å². The summed E-state index contributed by atoms with van der Waals surface area (Å²) in [4.78, 5) is 10.6. The molecule has 0 aromatic heterocycles. The Kier molecular flexibility index (Phi) is 4.68. The SMILES string of the molecule is COCc1cccc(NCc2ccccc2[N+](=O)[O-])c1. The van der Waals surface area contributed by atoms with Gasteiger partial charge in [-0.15, -0.1) is 0 Å². The molecular formula is C15H16N2O3. The van der Waals surface area contributed by atoms with Gasteiger partial charge in [0.15, 0.2) is 0 Å². The van der Waals surface area contributed by atoms with Gasteiger partial charge in [-0.2, -0.15) is 0 Å². The zero-order valence-corrected chi connectivity index (χ0v) is 11.2. The molecule has 0 heterocycles. The van der Waals surface area contributed by atoms with Crippen LogP contribution in [0.5, 0.6) is 0 Å². The maximum Gasteiger partial charge on any atom is 0.274 e. The van der Waals surface area contributed by atoms with Gasteiger partial charge >= 0.3 is 0 Å². The lowest BCUT2D eigenvalue weighted by molar-refractivity contribution is -0.385. The van der Waals surface area contributed by atoms with E-state index in [2.05, 4.69) is 5.32 Å². The van der Waals surface area contributed by atoms with Crippen LogP contribution in [0, 0.1) is 10.1 Å². The number of rotatable bonds is 6. The second-order valence-corrected chi connectivity index (χ2v) is 4.37. The fourth-order valence-electron chi connectivity index (χ4n) is 1.97. The third kappa shape index (κ3) is 3.55. The molecule has 2 rings (SSSR count). The highest BCUT2D eigenvalue weighted by atomic mass is 16.6. The summed E-state index contributed by atoms with van der Waals surface area (Å²) in [5, 5.41) is 14.1. The zero-order chi connectivity index (χ0) is 14.4. The van der Waals surface area contributed by atoms with E-state index in [1.54, 1.807) is 25.3 Å². The number of benzene rings is 2. The largest absolute Gasteiger partial charge is 0.381 e. The Bertz CT molecular complexity index is 599. The van der Waals surface area contributed by atoms with Crippen molar-refractivity contribution in [3.05, 3.63) is 69.8 Å². The van der Waals surface area contributed by atoms with Crippen molar-refractivity contribution >= 4 is 11.4 Å². The lowest BCUT2D eigenvalue weighted by atomic mass is 10.1. The summed E-state index contributed by atoms with van der Waals surface area (Å²) in [5.41, 5.74) is 2.76. The van der Waals surface area contributed by atoms with E-state index in [0.29, 0.717) is 18.7 Å². The van der Waals surface area contributed by atoms with Crippen LogP contribution in [0.2, 0.25) is 0 Å². The van der Waals surface area contributed by atoms with E-state index in [4.69, 9.17) is 4.74 Å². The third-order valence-corrected chi connectivity index (χ3v) is 2.91. The number of nitro groups is 1. The van der Waals surface area contributed by atoms with Crippen LogP contribution in [-0.2, 0) is 17.9 Å². The van der Waals surface area contributed by atoms with Gasteiger partial charge in [0.25, 0.3) is 5.69 Å². The number of nitrogens with one attached hydrogen (secondary N) is 1. The summed E-state index contributed by atoms with van der Waals surface area (Å²) >= 11 is 0. The number of ether oxygens (including phenoxy) is 1. The monoisotopic (exact) mass is 272 g/mol. The number of methoxy groups -OCH3 is 1. The van der Waals surface area contributed by atoms with E-state index < -0.39 is 0 Å². The van der Waals surface area contributed by atoms with E-state index >= 15 is 0 Å². The Hall–Kier alpha value is -2.40. The fraction of sp³-hybridized carbons (Fsp3) is 0.200. The van der Waals surface area contributed by atoms with Crippen LogP contribution in [0.25, 0.3) is 0 Å². The number of hydrogen-bond donors (Lipinski definition) is 1. The molecule has 0 unspecified atom stereocenters. The second-order valence-electron chi connectivity index (χ2n) is 4.37. The van der Waals surface area contributed by atoms with Crippen LogP contribution in [-0.4, -0.2) is 12.0 Å². The van der Waals surface area contributed by atoms with Gasteiger partial charge in [-0.1, -0.05) is 30.3 Å². The highest BCUT2D eigenvalue weighted by Gasteiger charge is 2.11. The average Bonchev–Trinajstić information content (AvgIpc) is 2.46. The highest BCUT2D eigenvalue weighted by molar-refractivity contribution is 5.48. The maximum absolute atomic E-state index is 10.9. The minimum Gasteiger partial charge on any atom is -0.381 e. The summed E-state index contributed by atoms with van der Waals surface area (Å²) in [7, 11) is 1.65. The van der Waals surface area contributed by atoms with E-state index in [1.807, 2.05) is 24.3 Å². The lowest BCUT2D eigenvalue weighted by Crippen LogP contribution is -2.03. The fourth-order valence-corrected chi connectivity index (χ4v) is 1.97. The van der Waals surface area contributed by atoms with Crippen LogP contribution in [0.3, 0.4) is 0 Å². The quantitative estimate of drug-likeness (QED) is 0.647. The van der Waals surface area contributed by atoms with Crippen molar-refractivity contribution in [2.24, 2.45) is 0 Å². The first-order valence-electron chi connectivity index (χ1n) is 6.25. The van der Waals surface area contributed by atoms with Gasteiger partial charge in [-0.05, 0) is 17.7 Å². The summed E-state index contributed by atoms with van der Waals surface area (Å²) < 4.78 is 5.08. The molecule has 2 aromatic carbocycles. The summed E-state index contributed by atoms with van der Waals surface area (Å²) in [6, 6.07) is 14.5. The molecule has 2 aromatic rings. The van der Waals surface area contributed by atoms with Crippen molar-refractivity contribution in [3.63, 3.8) is 0 Å². The van der Waals surface area contributed by atoms with Crippen LogP contribution in [0.15, 0.2) is 48.5 Å². The number of para-hydroxylation sites is 1. The van der Waals surface area contributed by atoms with E-state index in [-0.39, 0.29) is 10.6 Å². The predicted molar refractivity (Wildman–Crippen MR) is 77.6 cm³/mol. The van der Waals surface area contributed by atoms with E-state index in [0.717, 1.165) is 11.3 Å². The minimum absolute atomic E-state index is 0.132. The molecule has 0 radical (unpaired) electrons. The van der Waals surface area contributed by atoms with Gasteiger partial charge in [0.1, 0.15) is 0 Å². The Morgan fingerprint density at radius 1 is 1.20 bits per heavy atom. The van der Waals surface area contributed by atoms with Crippen LogP contribution in [0.1, 0.15) is 11.1 Å². The van der Waals surface area contributed by atoms with Crippen molar-refractivity contribution in [1.29, 1.82) is 0 Å². The number of hydrogen-bond acceptors (Lipinski definition) is 4. The molecule has 0 saturated heterocycles. The standard InChI is InChI=1S/C15H16N2O3/c1-20-11-12-5-4-7-14(9-12)16-10-13-6-2-3-8-15(13)17(18)19/h2-9,16H,10-11H2,1H3. The Balaban J connectivity index is 2.09. The molecule has 0 atom stereocenters. The third-order valence-electron chi connectivity index (χ3n) is 2.91. The lowest BCUT2D eigenvalue weighted by Gasteiger charge is -2.08. The molecule has 0 spiro atoms. The Morgan fingerprint density at radius 3 is 2.75 bits per heavy atom. The van der Waals surface area contributed by atoms with Crippen molar-refractivity contribution in [2.75, 3.05) is 12.4 Å². The van der Waals surface area contributed by atoms with Crippen LogP contribution < -0.4 is 5.32 Å². The Labute approximate surface area is 117 Å². The minimum atomic E-state index is -0.363. The van der Waals surface area contributed by atoms with Crippen molar-refractivity contribution < 1.29 is 9.66 Å². The number of anilines is 1. The smallest absolute Gasteiger partial charge is 0.274 e. The molecule has 104 valence electrons. The normalized spacial score (nSPS) is 10.2. The van der Waals surface area contributed by atoms with Gasteiger partial charge in [0.2, 0.25) is 0 Å². The summed E-state index contributed by atoms with van der Waals surface area (Å²) in [6.07, 6.45) is 0. The summed E-state index contributed by atoms with van der Waals surface area (Å²) in [5.74, 6) is 0. The van der Waals surface area contributed by atoms with Gasteiger partial charge in [-0.25, -0.2) is 0 Å². The first-order valence-corrected chi connectivity index (χ1v) is 6.25. The molecule has 0 amide bonds. The molecule has 0 aliphatic rings. The van der Waals surface area contributed by atoms with Crippen molar-refractivity contribution in [1.82, 2.24) is 0 Å². The van der Waals surface area contributed by atoms with Crippen LogP contribution in [0.4, 0.5) is 11.4 Å². The van der Waals surface area contributed by atoms with Gasteiger partial charge in [0, 0.05) is 31.0 Å². The number of nitro benzene ring substituents is 1. The zero-order valence-electron chi connectivity index (χ0n) is 11.2. The molecule has 5 nitrogen and oxygen atoms in total. The van der Waals surface area contributed by atoms with Crippen molar-refractivity contribution in [3.8, 4) is 0 Å². The maximum atomic E-state index is 10.9. The molecule has 0 fully saturated rings. The molecule has 1 N–H and O–H groups in total. The van der Waals surface area contributed by atoms with Gasteiger partial charge in [0.05, 0.1) is 11.5 Å². The van der Waals surface area contributed by atoms with E-state index in [1.165, 1.54) is 6.07 Å². The molecule has 0 aliphatic heterocycles. The first-order chi connectivity index (χ1) is 9.70. The van der Waals surface area contributed by atoms with Gasteiger partial charge < -0.3 is 10.1 Å². The Morgan fingerprint density at radius 2 is 2.00 bits per heavy atom. The molecule has 0 bridgehead atoms. The molecule has 0 saturated carbocycles. The van der Waals surface area contributed by atoms with Crippen molar-refractivity contribution in [2.45, 2.75) is 13.2 Å². The average molecular weight is 272 g/mol. The number of nitrogens with zero attached hydrogens (tertiary/aromatic N) is 1. The molecule has 5 heteroatoms. The molecular weight excluding hydrogens is 256 g/mol. The second kappa shape index (κ2) is 6.68. The van der Waals surface area contributed by atoms with Crippen LogP contribution >= 0.6 is 0 Å². The molecule has 0 aliphatic carbocycles. The molecule has 20 heavy (non-hydrogen) atoms. The highest BCUT2D eigenvalue weighted by Crippen LogP contribution is 2.19. The van der Waals surface area contributed by atoms with Gasteiger partial charge in [-0.3, -0.25) is 10.1 Å². The first kappa shape index (κ1) is 14.0.